The quantitative estimate of drug-likeness (QED) is 0.455. The van der Waals surface area contributed by atoms with Gasteiger partial charge in [0.25, 0.3) is 10.0 Å². The van der Waals surface area contributed by atoms with Gasteiger partial charge in [-0.3, -0.25) is 0 Å². The zero-order chi connectivity index (χ0) is 22.7. The van der Waals surface area contributed by atoms with Crippen LogP contribution in [0.2, 0.25) is 0 Å². The van der Waals surface area contributed by atoms with E-state index in [1.807, 2.05) is 19.1 Å². The van der Waals surface area contributed by atoms with Crippen molar-refractivity contribution in [3.05, 3.63) is 53.6 Å². The van der Waals surface area contributed by atoms with E-state index in [2.05, 4.69) is 42.0 Å². The van der Waals surface area contributed by atoms with Crippen molar-refractivity contribution in [2.45, 2.75) is 64.2 Å². The molecule has 0 unspecified atom stereocenters. The minimum absolute atomic E-state index is 0.0256. The van der Waals surface area contributed by atoms with Crippen LogP contribution in [0.1, 0.15) is 57.9 Å². The van der Waals surface area contributed by atoms with E-state index in [1.54, 1.807) is 12.1 Å². The largest absolute Gasteiger partial charge is 0.276 e. The van der Waals surface area contributed by atoms with E-state index in [4.69, 9.17) is 12.2 Å². The Morgan fingerprint density at radius 2 is 1.81 bits per heavy atom. The predicted molar refractivity (Wildman–Crippen MR) is 133 cm³/mol. The average Bonchev–Trinajstić information content (AvgIpc) is 3.09. The molecule has 0 bridgehead atoms. The number of thiocarbonyl (C=S) groups is 1. The first-order valence-electron chi connectivity index (χ1n) is 11.7. The van der Waals surface area contributed by atoms with Crippen molar-refractivity contribution in [3.63, 3.8) is 0 Å². The number of hydrogen-bond acceptors (Lipinski definition) is 4. The standard InChI is InChI=1S/C26H32N2O2S2/c1-17-4-7-20(8-5-17)32(29,30)28-27-24-11-10-22-21-9-6-18-16-19(31)12-14-25(18,2)23(21)13-15-26(22,24)3/h4-5,7-8,12,14,16,21-23,28H,6,9-11,13,15H2,1-3H3/b27-24+/t21-,22-,23-,25-,26-/m0/s1. The Bertz CT molecular complexity index is 1150. The Morgan fingerprint density at radius 3 is 2.56 bits per heavy atom. The van der Waals surface area contributed by atoms with Crippen LogP contribution in [0.15, 0.2) is 58.1 Å². The molecule has 0 spiro atoms. The van der Waals surface area contributed by atoms with Crippen molar-refractivity contribution in [2.24, 2.45) is 33.7 Å². The van der Waals surface area contributed by atoms with E-state index < -0.39 is 10.0 Å². The first-order chi connectivity index (χ1) is 15.1. The number of rotatable bonds is 3. The highest BCUT2D eigenvalue weighted by Crippen LogP contribution is 2.63. The minimum atomic E-state index is -3.65. The number of allylic oxidation sites excluding steroid dienone is 4. The van der Waals surface area contributed by atoms with Gasteiger partial charge in [0.2, 0.25) is 0 Å². The van der Waals surface area contributed by atoms with Crippen LogP contribution in [0.5, 0.6) is 0 Å². The molecule has 1 aromatic carbocycles. The van der Waals surface area contributed by atoms with Crippen molar-refractivity contribution in [1.29, 1.82) is 0 Å². The molecule has 4 aliphatic rings. The maximum atomic E-state index is 12.8. The topological polar surface area (TPSA) is 58.5 Å². The second-order valence-corrected chi connectivity index (χ2v) is 12.7. The number of fused-ring (bicyclic) bond motifs is 5. The first kappa shape index (κ1) is 22.0. The molecule has 0 aliphatic heterocycles. The van der Waals surface area contributed by atoms with Crippen LogP contribution in [0.3, 0.4) is 0 Å². The molecular formula is C26H32N2O2S2. The average molecular weight is 469 g/mol. The summed E-state index contributed by atoms with van der Waals surface area (Å²) in [6.45, 7) is 6.66. The van der Waals surface area contributed by atoms with Crippen LogP contribution in [0.4, 0.5) is 0 Å². The molecule has 3 saturated carbocycles. The molecule has 170 valence electrons. The van der Waals surface area contributed by atoms with Crippen molar-refractivity contribution in [2.75, 3.05) is 0 Å². The number of sulfonamides is 1. The summed E-state index contributed by atoms with van der Waals surface area (Å²) in [7, 11) is -3.65. The number of hydrogen-bond donors (Lipinski definition) is 1. The van der Waals surface area contributed by atoms with Crippen molar-refractivity contribution in [1.82, 2.24) is 4.83 Å². The molecule has 1 N–H and O–H groups in total. The number of nitrogens with zero attached hydrogens (tertiary/aromatic N) is 1. The van der Waals surface area contributed by atoms with Gasteiger partial charge in [-0.1, -0.05) is 55.4 Å². The lowest BCUT2D eigenvalue weighted by molar-refractivity contribution is 0.00663. The van der Waals surface area contributed by atoms with Gasteiger partial charge in [0.15, 0.2) is 0 Å². The molecule has 3 fully saturated rings. The fourth-order valence-electron chi connectivity index (χ4n) is 7.06. The van der Waals surface area contributed by atoms with Gasteiger partial charge in [-0.2, -0.15) is 13.5 Å². The Hall–Kier alpha value is -1.79. The summed E-state index contributed by atoms with van der Waals surface area (Å²) in [6.07, 6.45) is 13.2. The fourth-order valence-corrected chi connectivity index (χ4v) is 8.10. The summed E-state index contributed by atoms with van der Waals surface area (Å²) in [5.41, 5.74) is 3.66. The van der Waals surface area contributed by atoms with Crippen molar-refractivity contribution < 1.29 is 8.42 Å². The maximum Gasteiger partial charge on any atom is 0.276 e. The Kier molecular flexibility index (Phi) is 5.25. The molecule has 0 amide bonds. The van der Waals surface area contributed by atoms with Gasteiger partial charge in [0, 0.05) is 21.4 Å². The van der Waals surface area contributed by atoms with Gasteiger partial charge < -0.3 is 0 Å². The Morgan fingerprint density at radius 1 is 1.06 bits per heavy atom. The number of benzene rings is 1. The summed E-state index contributed by atoms with van der Waals surface area (Å²) in [5, 5.41) is 4.53. The number of hydrazone groups is 1. The third-order valence-electron chi connectivity index (χ3n) is 8.93. The molecule has 6 heteroatoms. The van der Waals surface area contributed by atoms with Crippen LogP contribution in [-0.4, -0.2) is 19.0 Å². The van der Waals surface area contributed by atoms with E-state index in [9.17, 15) is 8.42 Å². The van der Waals surface area contributed by atoms with Crippen LogP contribution >= 0.6 is 12.2 Å². The lowest BCUT2D eigenvalue weighted by Crippen LogP contribution is -2.49. The van der Waals surface area contributed by atoms with Crippen LogP contribution in [0.25, 0.3) is 0 Å². The molecule has 32 heavy (non-hydrogen) atoms. The van der Waals surface area contributed by atoms with Crippen molar-refractivity contribution in [3.8, 4) is 0 Å². The normalized spacial score (nSPS) is 37.5. The van der Waals surface area contributed by atoms with E-state index >= 15 is 0 Å². The number of nitrogens with one attached hydrogen (secondary N) is 1. The molecule has 0 saturated heterocycles. The highest BCUT2D eigenvalue weighted by Gasteiger charge is 2.57. The molecule has 4 nitrogen and oxygen atoms in total. The minimum Gasteiger partial charge on any atom is -0.200 e. The third-order valence-corrected chi connectivity index (χ3v) is 10.4. The second-order valence-electron chi connectivity index (χ2n) is 10.6. The third kappa shape index (κ3) is 3.41. The Balaban J connectivity index is 1.38. The van der Waals surface area contributed by atoms with E-state index in [-0.39, 0.29) is 15.7 Å². The van der Waals surface area contributed by atoms with E-state index in [0.717, 1.165) is 48.2 Å². The lowest BCUT2D eigenvalue weighted by Gasteiger charge is -2.56. The van der Waals surface area contributed by atoms with Crippen LogP contribution < -0.4 is 4.83 Å². The summed E-state index contributed by atoms with van der Waals surface area (Å²) in [6, 6.07) is 6.90. The van der Waals surface area contributed by atoms with Crippen molar-refractivity contribution >= 4 is 32.8 Å². The smallest absolute Gasteiger partial charge is 0.200 e. The second kappa shape index (κ2) is 7.63. The first-order valence-corrected chi connectivity index (χ1v) is 13.6. The molecule has 0 heterocycles. The zero-order valence-electron chi connectivity index (χ0n) is 19.1. The Labute approximate surface area is 197 Å². The molecule has 0 aromatic heterocycles. The summed E-state index contributed by atoms with van der Waals surface area (Å²) in [4.78, 5) is 3.76. The summed E-state index contributed by atoms with van der Waals surface area (Å²) < 4.78 is 25.6. The summed E-state index contributed by atoms with van der Waals surface area (Å²) >= 11 is 5.44. The zero-order valence-corrected chi connectivity index (χ0v) is 20.7. The van der Waals surface area contributed by atoms with E-state index in [0.29, 0.717) is 17.8 Å². The van der Waals surface area contributed by atoms with Gasteiger partial charge >= 0.3 is 0 Å². The highest BCUT2D eigenvalue weighted by molar-refractivity contribution is 7.89. The fraction of sp³-hybridized carbons (Fsp3) is 0.538. The molecular weight excluding hydrogens is 436 g/mol. The molecule has 1 aromatic rings. The summed E-state index contributed by atoms with van der Waals surface area (Å²) in [5.74, 6) is 1.83. The highest BCUT2D eigenvalue weighted by atomic mass is 32.2. The van der Waals surface area contributed by atoms with Gasteiger partial charge in [-0.25, -0.2) is 4.83 Å². The predicted octanol–water partition coefficient (Wildman–Crippen LogP) is 5.74. The molecule has 4 aliphatic carbocycles. The van der Waals surface area contributed by atoms with Gasteiger partial charge in [0.05, 0.1) is 4.90 Å². The van der Waals surface area contributed by atoms with Gasteiger partial charge in [-0.15, -0.1) is 0 Å². The molecule has 5 atom stereocenters. The van der Waals surface area contributed by atoms with E-state index in [1.165, 1.54) is 12.0 Å². The van der Waals surface area contributed by atoms with Crippen LogP contribution in [-0.2, 0) is 10.0 Å². The monoisotopic (exact) mass is 468 g/mol. The van der Waals surface area contributed by atoms with Gasteiger partial charge in [0.1, 0.15) is 0 Å². The number of aryl methyl sites for hydroxylation is 1. The molecule has 5 rings (SSSR count). The van der Waals surface area contributed by atoms with Crippen LogP contribution in [0, 0.1) is 35.5 Å². The van der Waals surface area contributed by atoms with Gasteiger partial charge in [-0.05, 0) is 87.5 Å². The lowest BCUT2D eigenvalue weighted by atomic mass is 9.48. The molecule has 0 radical (unpaired) electrons. The maximum absolute atomic E-state index is 12.8. The SMILES string of the molecule is Cc1ccc(S(=O)(=O)N/N=C2\CC[C@H]3[C@@H]4CCC5=CC(=S)C=C[C@]5(C)[C@H]4CC[C@]23C)cc1.